The van der Waals surface area contributed by atoms with E-state index in [-0.39, 0.29) is 0 Å². The predicted octanol–water partition coefficient (Wildman–Crippen LogP) is 2.46. The van der Waals surface area contributed by atoms with Crippen LogP contribution >= 0.6 is 0 Å². The van der Waals surface area contributed by atoms with Gasteiger partial charge in [-0.05, 0) is 12.0 Å². The number of nitrogens with zero attached hydrogens (tertiary/aromatic N) is 3. The molecule has 1 aromatic carbocycles. The fourth-order valence-electron chi connectivity index (χ4n) is 2.06. The van der Waals surface area contributed by atoms with Crippen LogP contribution in [-0.2, 0) is 13.0 Å². The van der Waals surface area contributed by atoms with E-state index in [2.05, 4.69) is 22.0 Å². The molecule has 0 fully saturated rings. The number of H-pyrrole nitrogens is 1. The predicted molar refractivity (Wildman–Crippen MR) is 75.9 cm³/mol. The third kappa shape index (κ3) is 2.56. The molecule has 0 radical (unpaired) electrons. The first-order chi connectivity index (χ1) is 9.86. The molecular formula is C15H16N4O. The van der Waals surface area contributed by atoms with Crippen LogP contribution in [0.25, 0.3) is 11.3 Å². The molecule has 0 spiro atoms. The van der Waals surface area contributed by atoms with Gasteiger partial charge >= 0.3 is 0 Å². The summed E-state index contributed by atoms with van der Waals surface area (Å²) in [7, 11) is 0. The van der Waals surface area contributed by atoms with E-state index in [1.807, 2.05) is 36.5 Å². The summed E-state index contributed by atoms with van der Waals surface area (Å²) in [6.07, 6.45) is 6.18. The Morgan fingerprint density at radius 3 is 2.80 bits per heavy atom. The zero-order valence-electron chi connectivity index (χ0n) is 11.3. The number of hydrogen-bond acceptors (Lipinski definition) is 3. The van der Waals surface area contributed by atoms with Crippen LogP contribution in [0.4, 0.5) is 0 Å². The van der Waals surface area contributed by atoms with Crippen molar-refractivity contribution in [1.29, 1.82) is 0 Å². The van der Waals surface area contributed by atoms with E-state index in [4.69, 9.17) is 4.84 Å². The number of aromatic nitrogens is 4. The molecule has 3 rings (SSSR count). The van der Waals surface area contributed by atoms with Crippen molar-refractivity contribution >= 4 is 0 Å². The Balaban J connectivity index is 1.78. The number of imidazole rings is 1. The molecular weight excluding hydrogens is 252 g/mol. The minimum absolute atomic E-state index is 0.494. The molecule has 2 heterocycles. The van der Waals surface area contributed by atoms with Crippen LogP contribution in [0.2, 0.25) is 0 Å². The van der Waals surface area contributed by atoms with Crippen LogP contribution in [-0.4, -0.2) is 19.9 Å². The molecule has 0 aliphatic carbocycles. The lowest BCUT2D eigenvalue weighted by atomic mass is 10.2. The highest BCUT2D eigenvalue weighted by molar-refractivity contribution is 5.60. The van der Waals surface area contributed by atoms with E-state index < -0.39 is 0 Å². The molecule has 0 atom stereocenters. The van der Waals surface area contributed by atoms with Gasteiger partial charge in [0.2, 0.25) is 0 Å². The second-order valence-electron chi connectivity index (χ2n) is 4.47. The SMILES string of the molecule is CCc1nn(OCc2ccccc2)cc1-c1cnc[nH]1. The van der Waals surface area contributed by atoms with Crippen molar-refractivity contribution in [3.8, 4) is 11.3 Å². The third-order valence-corrected chi connectivity index (χ3v) is 3.10. The maximum absolute atomic E-state index is 5.68. The van der Waals surface area contributed by atoms with Crippen molar-refractivity contribution in [1.82, 2.24) is 19.9 Å². The van der Waals surface area contributed by atoms with E-state index >= 15 is 0 Å². The van der Waals surface area contributed by atoms with E-state index in [0.717, 1.165) is 28.9 Å². The minimum atomic E-state index is 0.494. The number of aryl methyl sites for hydroxylation is 1. The molecule has 0 aliphatic heterocycles. The molecule has 3 aromatic rings. The van der Waals surface area contributed by atoms with Crippen LogP contribution in [0, 0.1) is 0 Å². The van der Waals surface area contributed by atoms with Crippen molar-refractivity contribution in [2.24, 2.45) is 0 Å². The Bertz CT molecular complexity index is 659. The Labute approximate surface area is 117 Å². The average molecular weight is 268 g/mol. The van der Waals surface area contributed by atoms with E-state index in [9.17, 15) is 0 Å². The topological polar surface area (TPSA) is 55.7 Å². The molecule has 1 N–H and O–H groups in total. The maximum Gasteiger partial charge on any atom is 0.142 e. The molecule has 0 amide bonds. The van der Waals surface area contributed by atoms with Gasteiger partial charge < -0.3 is 9.82 Å². The molecule has 5 heteroatoms. The van der Waals surface area contributed by atoms with E-state index in [1.165, 1.54) is 4.85 Å². The van der Waals surface area contributed by atoms with Crippen molar-refractivity contribution in [2.45, 2.75) is 20.0 Å². The lowest BCUT2D eigenvalue weighted by Gasteiger charge is -2.04. The Kier molecular flexibility index (Phi) is 3.50. The number of rotatable bonds is 5. The maximum atomic E-state index is 5.68. The zero-order chi connectivity index (χ0) is 13.8. The second kappa shape index (κ2) is 5.61. The van der Waals surface area contributed by atoms with Crippen LogP contribution in [0.5, 0.6) is 0 Å². The Hall–Kier alpha value is -2.56. The fraction of sp³-hybridized carbons (Fsp3) is 0.200. The highest BCUT2D eigenvalue weighted by Crippen LogP contribution is 2.20. The van der Waals surface area contributed by atoms with E-state index in [0.29, 0.717) is 6.61 Å². The van der Waals surface area contributed by atoms with Crippen molar-refractivity contribution < 1.29 is 4.84 Å². The number of nitrogens with one attached hydrogen (secondary N) is 1. The first-order valence-corrected chi connectivity index (χ1v) is 6.61. The van der Waals surface area contributed by atoms with Crippen LogP contribution in [0.15, 0.2) is 49.1 Å². The van der Waals surface area contributed by atoms with Crippen LogP contribution in [0.1, 0.15) is 18.2 Å². The van der Waals surface area contributed by atoms with Crippen molar-refractivity contribution in [3.63, 3.8) is 0 Å². The first kappa shape index (κ1) is 12.5. The first-order valence-electron chi connectivity index (χ1n) is 6.61. The third-order valence-electron chi connectivity index (χ3n) is 3.10. The highest BCUT2D eigenvalue weighted by atomic mass is 16.7. The second-order valence-corrected chi connectivity index (χ2v) is 4.47. The van der Waals surface area contributed by atoms with Gasteiger partial charge in [-0.3, -0.25) is 0 Å². The highest BCUT2D eigenvalue weighted by Gasteiger charge is 2.11. The molecule has 0 saturated carbocycles. The normalized spacial score (nSPS) is 10.7. The zero-order valence-corrected chi connectivity index (χ0v) is 11.3. The van der Waals surface area contributed by atoms with Crippen molar-refractivity contribution in [3.05, 3.63) is 60.3 Å². The number of benzene rings is 1. The minimum Gasteiger partial charge on any atom is -0.392 e. The van der Waals surface area contributed by atoms with Gasteiger partial charge in [-0.15, -0.1) is 9.94 Å². The molecule has 2 aromatic heterocycles. The average Bonchev–Trinajstić information content (AvgIpc) is 3.15. The van der Waals surface area contributed by atoms with Gasteiger partial charge in [0.25, 0.3) is 0 Å². The van der Waals surface area contributed by atoms with Crippen LogP contribution in [0.3, 0.4) is 0 Å². The lowest BCUT2D eigenvalue weighted by molar-refractivity contribution is 0.0694. The standard InChI is InChI=1S/C15H16N4O/c1-2-14-13(15-8-16-11-17-15)9-19(18-14)20-10-12-6-4-3-5-7-12/h3-9,11H,2,10H2,1H3,(H,16,17). The monoisotopic (exact) mass is 268 g/mol. The summed E-state index contributed by atoms with van der Waals surface area (Å²) in [6, 6.07) is 10.0. The number of hydrogen-bond donors (Lipinski definition) is 1. The summed E-state index contributed by atoms with van der Waals surface area (Å²) in [5.41, 5.74) is 4.08. The summed E-state index contributed by atoms with van der Waals surface area (Å²) in [6.45, 7) is 2.57. The van der Waals surface area contributed by atoms with Gasteiger partial charge in [0, 0.05) is 5.56 Å². The molecule has 0 bridgehead atoms. The molecule has 0 aliphatic rings. The Morgan fingerprint density at radius 1 is 1.25 bits per heavy atom. The van der Waals surface area contributed by atoms with E-state index in [1.54, 1.807) is 12.5 Å². The molecule has 102 valence electrons. The van der Waals surface area contributed by atoms with Gasteiger partial charge in [0.15, 0.2) is 0 Å². The fourth-order valence-corrected chi connectivity index (χ4v) is 2.06. The summed E-state index contributed by atoms with van der Waals surface area (Å²) < 4.78 is 0. The van der Waals surface area contributed by atoms with Gasteiger partial charge in [0.05, 0.1) is 30.1 Å². The smallest absolute Gasteiger partial charge is 0.142 e. The number of aromatic amines is 1. The van der Waals surface area contributed by atoms with Gasteiger partial charge in [-0.25, -0.2) is 4.98 Å². The summed E-state index contributed by atoms with van der Waals surface area (Å²) >= 11 is 0. The van der Waals surface area contributed by atoms with Gasteiger partial charge in [0.1, 0.15) is 6.61 Å². The molecule has 20 heavy (non-hydrogen) atoms. The largest absolute Gasteiger partial charge is 0.392 e. The Morgan fingerprint density at radius 2 is 2.10 bits per heavy atom. The lowest BCUT2D eigenvalue weighted by Crippen LogP contribution is -2.11. The molecule has 5 nitrogen and oxygen atoms in total. The molecule has 0 saturated heterocycles. The van der Waals surface area contributed by atoms with Crippen molar-refractivity contribution in [2.75, 3.05) is 0 Å². The quantitative estimate of drug-likeness (QED) is 0.773. The van der Waals surface area contributed by atoms with Gasteiger partial charge in [-0.1, -0.05) is 37.3 Å². The summed E-state index contributed by atoms with van der Waals surface area (Å²) in [5.74, 6) is 0. The molecule has 0 unspecified atom stereocenters. The summed E-state index contributed by atoms with van der Waals surface area (Å²) in [4.78, 5) is 14.4. The van der Waals surface area contributed by atoms with Gasteiger partial charge in [-0.2, -0.15) is 0 Å². The van der Waals surface area contributed by atoms with Crippen LogP contribution < -0.4 is 4.84 Å². The summed E-state index contributed by atoms with van der Waals surface area (Å²) in [5, 5.41) is 4.45.